The topological polar surface area (TPSA) is 75.3 Å². The summed E-state index contributed by atoms with van der Waals surface area (Å²) in [6, 6.07) is 11.3. The molecule has 104 valence electrons. The first-order chi connectivity index (χ1) is 9.49. The van der Waals surface area contributed by atoms with Gasteiger partial charge in [-0.3, -0.25) is 4.79 Å². The Labute approximate surface area is 122 Å². The molecule has 0 aliphatic carbocycles. The molecule has 1 atom stereocenters. The van der Waals surface area contributed by atoms with Crippen molar-refractivity contribution in [2.75, 3.05) is 5.73 Å². The highest BCUT2D eigenvalue weighted by Gasteiger charge is 2.15. The Bertz CT molecular complexity index is 644. The Morgan fingerprint density at radius 3 is 2.70 bits per heavy atom. The highest BCUT2D eigenvalue weighted by molar-refractivity contribution is 6.31. The van der Waals surface area contributed by atoms with Gasteiger partial charge < -0.3 is 16.2 Å². The van der Waals surface area contributed by atoms with Gasteiger partial charge in [0.05, 0.1) is 11.6 Å². The number of carbonyl (C=O) groups is 1. The lowest BCUT2D eigenvalue weighted by Crippen LogP contribution is -2.27. The molecule has 0 fully saturated rings. The van der Waals surface area contributed by atoms with Gasteiger partial charge in [0, 0.05) is 10.7 Å². The summed E-state index contributed by atoms with van der Waals surface area (Å²) in [5, 5.41) is 12.8. The zero-order chi connectivity index (χ0) is 14.7. The highest BCUT2D eigenvalue weighted by atomic mass is 35.5. The zero-order valence-electron chi connectivity index (χ0n) is 10.9. The van der Waals surface area contributed by atoms with Crippen molar-refractivity contribution in [3.8, 4) is 5.75 Å². The number of phenolic OH excluding ortho intramolecular Hbond substituents is 1. The van der Waals surface area contributed by atoms with Gasteiger partial charge in [-0.05, 0) is 36.8 Å². The van der Waals surface area contributed by atoms with Crippen LogP contribution < -0.4 is 11.1 Å². The lowest BCUT2D eigenvalue weighted by Gasteiger charge is -2.16. The molecule has 1 amide bonds. The van der Waals surface area contributed by atoms with E-state index in [1.165, 1.54) is 18.2 Å². The smallest absolute Gasteiger partial charge is 0.253 e. The number of hydrogen-bond acceptors (Lipinski definition) is 3. The Morgan fingerprint density at radius 1 is 1.30 bits per heavy atom. The van der Waals surface area contributed by atoms with Crippen LogP contribution in [0, 0.1) is 0 Å². The van der Waals surface area contributed by atoms with Crippen molar-refractivity contribution < 1.29 is 9.90 Å². The third-order valence-corrected chi connectivity index (χ3v) is 3.35. The van der Waals surface area contributed by atoms with Crippen molar-refractivity contribution in [3.05, 3.63) is 58.6 Å². The molecular weight excluding hydrogens is 276 g/mol. The van der Waals surface area contributed by atoms with E-state index in [-0.39, 0.29) is 23.3 Å². The molecule has 0 aliphatic rings. The van der Waals surface area contributed by atoms with Crippen LogP contribution in [0.15, 0.2) is 42.5 Å². The van der Waals surface area contributed by atoms with Crippen LogP contribution in [0.25, 0.3) is 0 Å². The van der Waals surface area contributed by atoms with E-state index in [0.717, 1.165) is 5.56 Å². The second-order valence-corrected chi connectivity index (χ2v) is 4.90. The number of benzene rings is 2. The minimum absolute atomic E-state index is 0.00486. The van der Waals surface area contributed by atoms with Crippen LogP contribution >= 0.6 is 11.6 Å². The van der Waals surface area contributed by atoms with Crippen molar-refractivity contribution >= 4 is 23.2 Å². The summed E-state index contributed by atoms with van der Waals surface area (Å²) >= 11 is 6.09. The fraction of sp³-hybridized carbons (Fsp3) is 0.133. The highest BCUT2D eigenvalue weighted by Crippen LogP contribution is 2.24. The van der Waals surface area contributed by atoms with Crippen LogP contribution in [-0.2, 0) is 0 Å². The Morgan fingerprint density at radius 2 is 2.00 bits per heavy atom. The summed E-state index contributed by atoms with van der Waals surface area (Å²) in [6.45, 7) is 1.83. The number of nitrogens with two attached hydrogens (primary N) is 1. The summed E-state index contributed by atoms with van der Waals surface area (Å²) in [4.78, 5) is 12.2. The summed E-state index contributed by atoms with van der Waals surface area (Å²) < 4.78 is 0. The first-order valence-electron chi connectivity index (χ1n) is 6.13. The average Bonchev–Trinajstić information content (AvgIpc) is 2.41. The summed E-state index contributed by atoms with van der Waals surface area (Å²) in [7, 11) is 0. The molecule has 0 bridgehead atoms. The number of halogens is 1. The second kappa shape index (κ2) is 5.84. The molecule has 0 radical (unpaired) electrons. The van der Waals surface area contributed by atoms with Crippen LogP contribution in [0.4, 0.5) is 5.69 Å². The van der Waals surface area contributed by atoms with Crippen LogP contribution in [-0.4, -0.2) is 11.0 Å². The van der Waals surface area contributed by atoms with Gasteiger partial charge in [0.15, 0.2) is 0 Å². The van der Waals surface area contributed by atoms with E-state index in [1.807, 2.05) is 25.1 Å². The molecule has 1 unspecified atom stereocenters. The first kappa shape index (κ1) is 14.2. The largest absolute Gasteiger partial charge is 0.508 e. The normalized spacial score (nSPS) is 11.9. The molecule has 0 aliphatic heterocycles. The Kier molecular flexibility index (Phi) is 4.15. The van der Waals surface area contributed by atoms with Crippen molar-refractivity contribution in [3.63, 3.8) is 0 Å². The molecule has 0 saturated carbocycles. The molecule has 20 heavy (non-hydrogen) atoms. The van der Waals surface area contributed by atoms with Crippen LogP contribution in [0.2, 0.25) is 5.02 Å². The Balaban J connectivity index is 2.20. The summed E-state index contributed by atoms with van der Waals surface area (Å²) in [5.41, 5.74) is 7.11. The van der Waals surface area contributed by atoms with Gasteiger partial charge >= 0.3 is 0 Å². The monoisotopic (exact) mass is 290 g/mol. The minimum Gasteiger partial charge on any atom is -0.508 e. The van der Waals surface area contributed by atoms with Crippen molar-refractivity contribution in [1.82, 2.24) is 5.32 Å². The van der Waals surface area contributed by atoms with E-state index in [4.69, 9.17) is 17.3 Å². The van der Waals surface area contributed by atoms with E-state index in [9.17, 15) is 9.90 Å². The van der Waals surface area contributed by atoms with E-state index in [0.29, 0.717) is 10.7 Å². The van der Waals surface area contributed by atoms with Crippen molar-refractivity contribution in [2.24, 2.45) is 0 Å². The van der Waals surface area contributed by atoms with Crippen molar-refractivity contribution in [2.45, 2.75) is 13.0 Å². The van der Waals surface area contributed by atoms with Crippen molar-refractivity contribution in [1.29, 1.82) is 0 Å². The maximum absolute atomic E-state index is 12.2. The van der Waals surface area contributed by atoms with Gasteiger partial charge in [-0.2, -0.15) is 0 Å². The van der Waals surface area contributed by atoms with E-state index in [2.05, 4.69) is 5.32 Å². The number of anilines is 1. The lowest BCUT2D eigenvalue weighted by molar-refractivity contribution is 0.0940. The van der Waals surface area contributed by atoms with Crippen LogP contribution in [0.1, 0.15) is 28.9 Å². The number of hydrogen-bond donors (Lipinski definition) is 3. The second-order valence-electron chi connectivity index (χ2n) is 4.49. The number of nitrogens with one attached hydrogen (secondary N) is 1. The fourth-order valence-electron chi connectivity index (χ4n) is 1.92. The molecular formula is C15H15ClN2O2. The van der Waals surface area contributed by atoms with Gasteiger partial charge in [-0.1, -0.05) is 29.8 Å². The van der Waals surface area contributed by atoms with E-state index >= 15 is 0 Å². The molecule has 0 spiro atoms. The molecule has 4 N–H and O–H groups in total. The number of nitrogen functional groups attached to an aromatic ring is 1. The Hall–Kier alpha value is -2.20. The van der Waals surface area contributed by atoms with Crippen LogP contribution in [0.3, 0.4) is 0 Å². The number of phenols is 1. The predicted octanol–water partition coefficient (Wildman–Crippen LogP) is 3.12. The van der Waals surface area contributed by atoms with Gasteiger partial charge in [-0.15, -0.1) is 0 Å². The summed E-state index contributed by atoms with van der Waals surface area (Å²) in [5.74, 6) is -0.361. The third-order valence-electron chi connectivity index (χ3n) is 3.00. The zero-order valence-corrected chi connectivity index (χ0v) is 11.7. The molecule has 0 aromatic heterocycles. The SMILES string of the molecule is CC(NC(=O)c1cc(O)ccc1N)c1ccccc1Cl. The maximum atomic E-state index is 12.2. The minimum atomic E-state index is -0.356. The molecule has 2 aromatic rings. The number of rotatable bonds is 3. The van der Waals surface area contributed by atoms with Gasteiger partial charge in [-0.25, -0.2) is 0 Å². The molecule has 0 heterocycles. The molecule has 5 heteroatoms. The van der Waals surface area contributed by atoms with Gasteiger partial charge in [0.2, 0.25) is 0 Å². The summed E-state index contributed by atoms with van der Waals surface area (Å²) in [6.07, 6.45) is 0. The lowest BCUT2D eigenvalue weighted by atomic mass is 10.1. The van der Waals surface area contributed by atoms with E-state index < -0.39 is 0 Å². The quantitative estimate of drug-likeness (QED) is 0.600. The number of carbonyl (C=O) groups excluding carboxylic acids is 1. The standard InChI is InChI=1S/C15H15ClN2O2/c1-9(11-4-2-3-5-13(11)16)18-15(20)12-8-10(19)6-7-14(12)17/h2-9,19H,17H2,1H3,(H,18,20). The number of amides is 1. The van der Waals surface area contributed by atoms with E-state index in [1.54, 1.807) is 6.07 Å². The van der Waals surface area contributed by atoms with Gasteiger partial charge in [0.25, 0.3) is 5.91 Å². The fourth-order valence-corrected chi connectivity index (χ4v) is 2.22. The maximum Gasteiger partial charge on any atom is 0.253 e. The molecule has 4 nitrogen and oxygen atoms in total. The molecule has 2 aromatic carbocycles. The molecule has 0 saturated heterocycles. The third kappa shape index (κ3) is 3.03. The predicted molar refractivity (Wildman–Crippen MR) is 79.9 cm³/mol. The van der Waals surface area contributed by atoms with Crippen LogP contribution in [0.5, 0.6) is 5.75 Å². The first-order valence-corrected chi connectivity index (χ1v) is 6.50. The van der Waals surface area contributed by atoms with Gasteiger partial charge in [0.1, 0.15) is 5.75 Å². The average molecular weight is 291 g/mol. The molecule has 2 rings (SSSR count). The number of aromatic hydroxyl groups is 1.